The van der Waals surface area contributed by atoms with Gasteiger partial charge < -0.3 is 9.73 Å². The molecule has 0 spiro atoms. The second-order valence-corrected chi connectivity index (χ2v) is 5.55. The van der Waals surface area contributed by atoms with Crippen molar-refractivity contribution in [3.05, 3.63) is 52.4 Å². The number of alkyl halides is 3. The maximum absolute atomic E-state index is 12.2. The van der Waals surface area contributed by atoms with E-state index in [-0.39, 0.29) is 11.4 Å². The number of nitrogens with zero attached hydrogens (tertiary/aromatic N) is 1. The van der Waals surface area contributed by atoms with Gasteiger partial charge in [0.15, 0.2) is 10.4 Å². The largest absolute Gasteiger partial charge is 0.471 e. The Morgan fingerprint density at radius 3 is 2.28 bits per heavy atom. The van der Waals surface area contributed by atoms with Gasteiger partial charge in [-0.15, -0.1) is 0 Å². The Morgan fingerprint density at radius 1 is 1.12 bits per heavy atom. The highest BCUT2D eigenvalue weighted by molar-refractivity contribution is 9.10. The third-order valence-electron chi connectivity index (χ3n) is 2.94. The first kappa shape index (κ1) is 18.7. The van der Waals surface area contributed by atoms with E-state index < -0.39 is 18.0 Å². The fourth-order valence-electron chi connectivity index (χ4n) is 1.69. The normalized spacial score (nSPS) is 12.0. The Morgan fingerprint density at radius 2 is 1.76 bits per heavy atom. The Bertz CT molecular complexity index is 813. The summed E-state index contributed by atoms with van der Waals surface area (Å²) in [6.07, 6.45) is -4.96. The van der Waals surface area contributed by atoms with Crippen LogP contribution in [0.5, 0.6) is 0 Å². The van der Waals surface area contributed by atoms with Crippen LogP contribution in [0.25, 0.3) is 0 Å². The molecule has 2 rings (SSSR count). The number of carbonyl (C=O) groups is 2. The molecule has 2 aromatic rings. The maximum atomic E-state index is 12.2. The van der Waals surface area contributed by atoms with E-state index in [0.29, 0.717) is 15.9 Å². The third kappa shape index (κ3) is 5.18. The standard InChI is InChI=1S/C15H11BrF3N3O3/c1-8(21-22-13(23)11-6-7-12(16)25-11)9-2-4-10(5-3-9)20-14(24)15(17,18)19/h2-7H,1H3,(H,20,24)(H,22,23)/b21-8-. The molecule has 6 nitrogen and oxygen atoms in total. The number of benzene rings is 1. The summed E-state index contributed by atoms with van der Waals surface area (Å²) in [5, 5.41) is 5.62. The summed E-state index contributed by atoms with van der Waals surface area (Å²) in [4.78, 5) is 22.6. The van der Waals surface area contributed by atoms with Crippen LogP contribution in [0.15, 0.2) is 50.6 Å². The minimum absolute atomic E-state index is 0.0108. The Balaban J connectivity index is 2.01. The minimum Gasteiger partial charge on any atom is -0.444 e. The third-order valence-corrected chi connectivity index (χ3v) is 3.37. The molecule has 0 bridgehead atoms. The number of hydrogen-bond acceptors (Lipinski definition) is 4. The van der Waals surface area contributed by atoms with Gasteiger partial charge in [-0.05, 0) is 52.7 Å². The molecule has 0 aliphatic rings. The van der Waals surface area contributed by atoms with Crippen LogP contribution in [0.4, 0.5) is 18.9 Å². The predicted octanol–water partition coefficient (Wildman–Crippen LogP) is 3.70. The van der Waals surface area contributed by atoms with Crippen molar-refractivity contribution in [1.29, 1.82) is 0 Å². The molecule has 10 heteroatoms. The molecule has 1 aromatic heterocycles. The van der Waals surface area contributed by atoms with Crippen LogP contribution < -0.4 is 10.7 Å². The van der Waals surface area contributed by atoms with Gasteiger partial charge in [0, 0.05) is 5.69 Å². The van der Waals surface area contributed by atoms with Crippen LogP contribution in [-0.4, -0.2) is 23.7 Å². The van der Waals surface area contributed by atoms with Crippen molar-refractivity contribution >= 4 is 39.1 Å². The van der Waals surface area contributed by atoms with Gasteiger partial charge in [-0.3, -0.25) is 9.59 Å². The van der Waals surface area contributed by atoms with Gasteiger partial charge in [-0.1, -0.05) is 12.1 Å². The first-order chi connectivity index (χ1) is 11.7. The zero-order chi connectivity index (χ0) is 18.6. The lowest BCUT2D eigenvalue weighted by Gasteiger charge is -2.08. The zero-order valence-electron chi connectivity index (χ0n) is 12.6. The summed E-state index contributed by atoms with van der Waals surface area (Å²) in [5.74, 6) is -2.55. The Labute approximate surface area is 148 Å². The molecule has 132 valence electrons. The van der Waals surface area contributed by atoms with E-state index in [1.54, 1.807) is 18.3 Å². The molecule has 25 heavy (non-hydrogen) atoms. The van der Waals surface area contributed by atoms with E-state index in [9.17, 15) is 22.8 Å². The fourth-order valence-corrected chi connectivity index (χ4v) is 1.99. The van der Waals surface area contributed by atoms with Crippen molar-refractivity contribution in [1.82, 2.24) is 5.43 Å². The van der Waals surface area contributed by atoms with Gasteiger partial charge in [0.25, 0.3) is 0 Å². The Hall–Kier alpha value is -2.62. The molecule has 0 aliphatic carbocycles. The molecule has 0 atom stereocenters. The molecular formula is C15H11BrF3N3O3. The van der Waals surface area contributed by atoms with Gasteiger partial charge >= 0.3 is 18.0 Å². The summed E-state index contributed by atoms with van der Waals surface area (Å²) >= 11 is 3.07. The van der Waals surface area contributed by atoms with Crippen LogP contribution >= 0.6 is 15.9 Å². The highest BCUT2D eigenvalue weighted by atomic mass is 79.9. The van der Waals surface area contributed by atoms with Crippen LogP contribution in [0.2, 0.25) is 0 Å². The molecule has 1 aromatic carbocycles. The van der Waals surface area contributed by atoms with Crippen molar-refractivity contribution in [3.63, 3.8) is 0 Å². The summed E-state index contributed by atoms with van der Waals surface area (Å²) in [7, 11) is 0. The second-order valence-electron chi connectivity index (χ2n) is 4.77. The number of amides is 2. The molecule has 2 amide bonds. The summed E-state index contributed by atoms with van der Waals surface area (Å²) < 4.78 is 42.0. The smallest absolute Gasteiger partial charge is 0.444 e. The highest BCUT2D eigenvalue weighted by Gasteiger charge is 2.38. The first-order valence-corrected chi connectivity index (χ1v) is 7.54. The lowest BCUT2D eigenvalue weighted by Crippen LogP contribution is -2.29. The maximum Gasteiger partial charge on any atom is 0.471 e. The monoisotopic (exact) mass is 417 g/mol. The number of anilines is 1. The number of hydrogen-bond donors (Lipinski definition) is 2. The lowest BCUT2D eigenvalue weighted by atomic mass is 10.1. The van der Waals surface area contributed by atoms with E-state index in [4.69, 9.17) is 4.42 Å². The second kappa shape index (κ2) is 7.51. The van der Waals surface area contributed by atoms with Crippen molar-refractivity contribution in [2.45, 2.75) is 13.1 Å². The van der Waals surface area contributed by atoms with Crippen molar-refractivity contribution in [2.75, 3.05) is 5.32 Å². The van der Waals surface area contributed by atoms with E-state index in [2.05, 4.69) is 26.5 Å². The van der Waals surface area contributed by atoms with Gasteiger partial charge in [0.1, 0.15) is 0 Å². The van der Waals surface area contributed by atoms with Crippen LogP contribution in [0, 0.1) is 0 Å². The molecule has 0 unspecified atom stereocenters. The van der Waals surface area contributed by atoms with Gasteiger partial charge in [-0.2, -0.15) is 18.3 Å². The summed E-state index contributed by atoms with van der Waals surface area (Å²) in [5.41, 5.74) is 3.24. The quantitative estimate of drug-likeness (QED) is 0.587. The van der Waals surface area contributed by atoms with Crippen LogP contribution in [-0.2, 0) is 4.79 Å². The molecule has 1 heterocycles. The molecule has 2 N–H and O–H groups in total. The van der Waals surface area contributed by atoms with Crippen molar-refractivity contribution in [3.8, 4) is 0 Å². The average molecular weight is 418 g/mol. The van der Waals surface area contributed by atoms with E-state index >= 15 is 0 Å². The number of carbonyl (C=O) groups excluding carboxylic acids is 2. The predicted molar refractivity (Wildman–Crippen MR) is 87.2 cm³/mol. The highest BCUT2D eigenvalue weighted by Crippen LogP contribution is 2.19. The molecule has 0 saturated heterocycles. The first-order valence-electron chi connectivity index (χ1n) is 6.75. The van der Waals surface area contributed by atoms with Crippen molar-refractivity contribution in [2.24, 2.45) is 5.10 Å². The minimum atomic E-state index is -4.96. The number of hydrazone groups is 1. The van der Waals surface area contributed by atoms with Gasteiger partial charge in [0.2, 0.25) is 0 Å². The van der Waals surface area contributed by atoms with Crippen LogP contribution in [0.1, 0.15) is 23.0 Å². The average Bonchev–Trinajstić information content (AvgIpc) is 2.98. The zero-order valence-corrected chi connectivity index (χ0v) is 14.2. The number of rotatable bonds is 4. The fraction of sp³-hybridized carbons (Fsp3) is 0.133. The summed E-state index contributed by atoms with van der Waals surface area (Å²) in [6, 6.07) is 8.52. The van der Waals surface area contributed by atoms with Crippen LogP contribution in [0.3, 0.4) is 0 Å². The topological polar surface area (TPSA) is 83.7 Å². The van der Waals surface area contributed by atoms with Gasteiger partial charge in [0.05, 0.1) is 5.71 Å². The van der Waals surface area contributed by atoms with Crippen molar-refractivity contribution < 1.29 is 27.2 Å². The van der Waals surface area contributed by atoms with E-state index in [1.807, 2.05) is 0 Å². The van der Waals surface area contributed by atoms with E-state index in [1.165, 1.54) is 30.3 Å². The SMILES string of the molecule is C/C(=N/NC(=O)c1ccc(Br)o1)c1ccc(NC(=O)C(F)(F)F)cc1. The summed E-state index contributed by atoms with van der Waals surface area (Å²) in [6.45, 7) is 1.60. The van der Waals surface area contributed by atoms with Gasteiger partial charge in [-0.25, -0.2) is 5.43 Å². The number of furan rings is 1. The molecule has 0 saturated carbocycles. The molecule has 0 radical (unpaired) electrons. The molecule has 0 aliphatic heterocycles. The Kier molecular flexibility index (Phi) is 5.62. The lowest BCUT2D eigenvalue weighted by molar-refractivity contribution is -0.167. The molecule has 0 fully saturated rings. The number of halogens is 4. The number of nitrogens with one attached hydrogen (secondary N) is 2. The van der Waals surface area contributed by atoms with E-state index in [0.717, 1.165) is 0 Å². The molecular weight excluding hydrogens is 407 g/mol.